The SMILES string of the molecule is COc1ccc(/C=C/C=N/OCC(O)CN2CCCCC2)cc1OC. The summed E-state index contributed by atoms with van der Waals surface area (Å²) in [5, 5.41) is 13.8. The molecule has 1 saturated heterocycles. The summed E-state index contributed by atoms with van der Waals surface area (Å²) < 4.78 is 10.5. The highest BCUT2D eigenvalue weighted by atomic mass is 16.6. The van der Waals surface area contributed by atoms with Crippen LogP contribution < -0.4 is 9.47 Å². The molecule has 138 valence electrons. The summed E-state index contributed by atoms with van der Waals surface area (Å²) in [6, 6.07) is 5.66. The third-order valence-corrected chi connectivity index (χ3v) is 4.10. The third-order valence-electron chi connectivity index (χ3n) is 4.10. The first-order valence-corrected chi connectivity index (χ1v) is 8.67. The van der Waals surface area contributed by atoms with Gasteiger partial charge in [-0.25, -0.2) is 0 Å². The second-order valence-electron chi connectivity index (χ2n) is 6.04. The number of rotatable bonds is 9. The van der Waals surface area contributed by atoms with Crippen molar-refractivity contribution in [2.24, 2.45) is 5.16 Å². The van der Waals surface area contributed by atoms with Gasteiger partial charge in [0.15, 0.2) is 11.5 Å². The molecule has 1 unspecified atom stereocenters. The van der Waals surface area contributed by atoms with Crippen LogP contribution in [0, 0.1) is 0 Å². The number of benzene rings is 1. The van der Waals surface area contributed by atoms with Crippen LogP contribution in [0.3, 0.4) is 0 Å². The molecule has 1 fully saturated rings. The van der Waals surface area contributed by atoms with E-state index >= 15 is 0 Å². The van der Waals surface area contributed by atoms with Crippen LogP contribution in [0.1, 0.15) is 24.8 Å². The molecule has 0 aromatic heterocycles. The first-order valence-electron chi connectivity index (χ1n) is 8.67. The Kier molecular flexibility index (Phi) is 8.28. The van der Waals surface area contributed by atoms with Crippen LogP contribution in [0.2, 0.25) is 0 Å². The second-order valence-corrected chi connectivity index (χ2v) is 6.04. The normalized spacial score (nSPS) is 17.1. The number of piperidine rings is 1. The van der Waals surface area contributed by atoms with Crippen molar-refractivity contribution in [3.05, 3.63) is 29.8 Å². The molecule has 1 atom stereocenters. The van der Waals surface area contributed by atoms with Gasteiger partial charge < -0.3 is 24.3 Å². The Labute approximate surface area is 149 Å². The number of hydrogen-bond donors (Lipinski definition) is 1. The van der Waals surface area contributed by atoms with Crippen molar-refractivity contribution in [2.45, 2.75) is 25.4 Å². The number of allylic oxidation sites excluding steroid dienone is 1. The molecule has 1 N–H and O–H groups in total. The number of ether oxygens (including phenoxy) is 2. The molecule has 1 aromatic rings. The molecule has 1 aliphatic heterocycles. The lowest BCUT2D eigenvalue weighted by molar-refractivity contribution is 0.0164. The van der Waals surface area contributed by atoms with Gasteiger partial charge in [0.25, 0.3) is 0 Å². The molecular formula is C19H28N2O4. The first-order chi connectivity index (χ1) is 12.2. The average Bonchev–Trinajstić information content (AvgIpc) is 2.65. The lowest BCUT2D eigenvalue weighted by Gasteiger charge is -2.27. The maximum atomic E-state index is 9.96. The number of hydrogen-bond acceptors (Lipinski definition) is 6. The zero-order valence-corrected chi connectivity index (χ0v) is 15.1. The molecule has 6 nitrogen and oxygen atoms in total. The summed E-state index contributed by atoms with van der Waals surface area (Å²) in [6.07, 6.45) is 8.44. The topological polar surface area (TPSA) is 63.5 Å². The zero-order valence-electron chi connectivity index (χ0n) is 15.1. The molecule has 6 heteroatoms. The summed E-state index contributed by atoms with van der Waals surface area (Å²) in [6.45, 7) is 2.98. The van der Waals surface area contributed by atoms with E-state index in [-0.39, 0.29) is 6.61 Å². The molecule has 0 saturated carbocycles. The Bertz CT molecular complexity index is 569. The molecule has 1 aliphatic rings. The zero-order chi connectivity index (χ0) is 17.9. The molecule has 0 aliphatic carbocycles. The van der Waals surface area contributed by atoms with Crippen molar-refractivity contribution < 1.29 is 19.4 Å². The molecule has 25 heavy (non-hydrogen) atoms. The fourth-order valence-electron chi connectivity index (χ4n) is 2.81. The second kappa shape index (κ2) is 10.7. The number of nitrogens with zero attached hydrogens (tertiary/aromatic N) is 2. The summed E-state index contributed by atoms with van der Waals surface area (Å²) in [4.78, 5) is 7.43. The highest BCUT2D eigenvalue weighted by molar-refractivity contribution is 5.78. The Morgan fingerprint density at radius 1 is 1.16 bits per heavy atom. The monoisotopic (exact) mass is 348 g/mol. The fourth-order valence-corrected chi connectivity index (χ4v) is 2.81. The lowest BCUT2D eigenvalue weighted by Crippen LogP contribution is -2.37. The van der Waals surface area contributed by atoms with Crippen molar-refractivity contribution in [1.29, 1.82) is 0 Å². The minimum Gasteiger partial charge on any atom is -0.493 e. The first kappa shape index (κ1) is 19.3. The average molecular weight is 348 g/mol. The quantitative estimate of drug-likeness (QED) is 0.549. The molecule has 0 bridgehead atoms. The smallest absolute Gasteiger partial charge is 0.161 e. The van der Waals surface area contributed by atoms with E-state index in [1.165, 1.54) is 19.3 Å². The van der Waals surface area contributed by atoms with Gasteiger partial charge in [-0.3, -0.25) is 0 Å². The van der Waals surface area contributed by atoms with Crippen LogP contribution in [0.4, 0.5) is 0 Å². The van der Waals surface area contributed by atoms with Crippen molar-refractivity contribution in [1.82, 2.24) is 4.90 Å². The van der Waals surface area contributed by atoms with Crippen LogP contribution in [0.25, 0.3) is 6.08 Å². The Morgan fingerprint density at radius 3 is 2.64 bits per heavy atom. The maximum Gasteiger partial charge on any atom is 0.161 e. The number of aliphatic hydroxyl groups is 1. The molecular weight excluding hydrogens is 320 g/mol. The lowest BCUT2D eigenvalue weighted by atomic mass is 10.1. The summed E-state index contributed by atoms with van der Waals surface area (Å²) in [7, 11) is 3.22. The van der Waals surface area contributed by atoms with Crippen molar-refractivity contribution in [2.75, 3.05) is 40.5 Å². The number of likely N-dealkylation sites (tertiary alicyclic amines) is 1. The van der Waals surface area contributed by atoms with Crippen LogP contribution in [-0.4, -0.2) is 62.8 Å². The molecule has 1 aromatic carbocycles. The van der Waals surface area contributed by atoms with E-state index in [1.54, 1.807) is 26.5 Å². The predicted molar refractivity (Wildman–Crippen MR) is 99.3 cm³/mol. The van der Waals surface area contributed by atoms with Gasteiger partial charge in [-0.2, -0.15) is 0 Å². The van der Waals surface area contributed by atoms with E-state index in [0.717, 1.165) is 18.7 Å². The highest BCUT2D eigenvalue weighted by Crippen LogP contribution is 2.27. The van der Waals surface area contributed by atoms with E-state index < -0.39 is 6.10 Å². The van der Waals surface area contributed by atoms with Crippen molar-refractivity contribution in [3.8, 4) is 11.5 Å². The van der Waals surface area contributed by atoms with E-state index in [2.05, 4.69) is 10.1 Å². The van der Waals surface area contributed by atoms with Gasteiger partial charge in [0, 0.05) is 6.54 Å². The van der Waals surface area contributed by atoms with Gasteiger partial charge in [-0.1, -0.05) is 23.7 Å². The van der Waals surface area contributed by atoms with Crippen LogP contribution >= 0.6 is 0 Å². The van der Waals surface area contributed by atoms with Crippen LogP contribution in [-0.2, 0) is 4.84 Å². The van der Waals surface area contributed by atoms with Gasteiger partial charge in [0.05, 0.1) is 20.4 Å². The number of aliphatic hydroxyl groups excluding tert-OH is 1. The minimum atomic E-state index is -0.509. The summed E-state index contributed by atoms with van der Waals surface area (Å²) in [5.41, 5.74) is 0.967. The molecule has 2 rings (SSSR count). The van der Waals surface area contributed by atoms with Gasteiger partial charge in [0.1, 0.15) is 12.7 Å². The number of methoxy groups -OCH3 is 2. The van der Waals surface area contributed by atoms with Gasteiger partial charge >= 0.3 is 0 Å². The van der Waals surface area contributed by atoms with E-state index in [1.807, 2.05) is 24.3 Å². The summed E-state index contributed by atoms with van der Waals surface area (Å²) >= 11 is 0. The van der Waals surface area contributed by atoms with Gasteiger partial charge in [-0.15, -0.1) is 0 Å². The van der Waals surface area contributed by atoms with E-state index in [0.29, 0.717) is 18.0 Å². The van der Waals surface area contributed by atoms with E-state index in [9.17, 15) is 5.11 Å². The maximum absolute atomic E-state index is 9.96. The Balaban J connectivity index is 1.70. The van der Waals surface area contributed by atoms with Crippen LogP contribution in [0.15, 0.2) is 29.4 Å². The van der Waals surface area contributed by atoms with Gasteiger partial charge in [0.2, 0.25) is 0 Å². The highest BCUT2D eigenvalue weighted by Gasteiger charge is 2.14. The largest absolute Gasteiger partial charge is 0.493 e. The van der Waals surface area contributed by atoms with Crippen LogP contribution in [0.5, 0.6) is 11.5 Å². The fraction of sp³-hybridized carbons (Fsp3) is 0.526. The van der Waals surface area contributed by atoms with Crippen molar-refractivity contribution in [3.63, 3.8) is 0 Å². The van der Waals surface area contributed by atoms with Gasteiger partial charge in [-0.05, 0) is 49.7 Å². The molecule has 0 radical (unpaired) electrons. The molecule has 0 spiro atoms. The molecule has 0 amide bonds. The third kappa shape index (κ3) is 6.76. The Morgan fingerprint density at radius 2 is 1.92 bits per heavy atom. The minimum absolute atomic E-state index is 0.206. The van der Waals surface area contributed by atoms with Crippen molar-refractivity contribution >= 4 is 12.3 Å². The predicted octanol–water partition coefficient (Wildman–Crippen LogP) is 2.57. The number of oxime groups is 1. The Hall–Kier alpha value is -2.05. The molecule has 1 heterocycles. The number of β-amino-alcohol motifs (C(OH)–C–C–N with tert-alkyl or cyclic N) is 1. The summed E-state index contributed by atoms with van der Waals surface area (Å²) in [5.74, 6) is 1.37. The van der Waals surface area contributed by atoms with E-state index in [4.69, 9.17) is 14.3 Å². The standard InChI is InChI=1S/C19H28N2O4/c1-23-18-9-8-16(13-19(18)24-2)7-6-10-20-25-15-17(22)14-21-11-4-3-5-12-21/h6-10,13,17,22H,3-5,11-12,14-15H2,1-2H3/b7-6+,20-10+.